The van der Waals surface area contributed by atoms with E-state index >= 15 is 0 Å². The van der Waals surface area contributed by atoms with Gasteiger partial charge in [0.1, 0.15) is 0 Å². The maximum Gasteiger partial charge on any atom is 0.344 e. The Labute approximate surface area is 250 Å². The summed E-state index contributed by atoms with van der Waals surface area (Å²) in [5, 5.41) is 0. The second-order valence-corrected chi connectivity index (χ2v) is 12.2. The molecule has 15 heteroatoms. The van der Waals surface area contributed by atoms with Gasteiger partial charge in [0.05, 0.1) is 38.1 Å². The van der Waals surface area contributed by atoms with E-state index in [1.54, 1.807) is 37.3 Å². The molecule has 226 valence electrons. The number of pyridine rings is 1. The Bertz CT molecular complexity index is 2040. The van der Waals surface area contributed by atoms with Gasteiger partial charge in [0.15, 0.2) is 0 Å². The summed E-state index contributed by atoms with van der Waals surface area (Å²) < 4.78 is 83.0. The fourth-order valence-corrected chi connectivity index (χ4v) is 5.56. The smallest absolute Gasteiger partial charge is 0.344 e. The summed E-state index contributed by atoms with van der Waals surface area (Å²) in [7, 11) is -10.3. The van der Waals surface area contributed by atoms with Gasteiger partial charge in [0.25, 0.3) is 5.91 Å². The van der Waals surface area contributed by atoms with Crippen LogP contribution in [-0.4, -0.2) is 44.6 Å². The number of hydrogen-bond acceptors (Lipinski definition) is 10. The number of carbonyl (C=O) groups excluding carboxylic acids is 3. The number of hydrogen-bond donors (Lipinski definition) is 0. The molecule has 1 aliphatic rings. The number of carbonyl (C=O) groups is 3. The largest absolute Gasteiger partial charge is 0.404 e. The third-order valence-corrected chi connectivity index (χ3v) is 8.30. The van der Waals surface area contributed by atoms with Gasteiger partial charge in [-0.3, -0.25) is 4.79 Å². The molecule has 11 nitrogen and oxygen atoms in total. The third-order valence-electron chi connectivity index (χ3n) is 6.66. The highest BCUT2D eigenvalue weighted by atomic mass is 32.3. The lowest BCUT2D eigenvalue weighted by Gasteiger charge is -2.22. The van der Waals surface area contributed by atoms with Crippen molar-refractivity contribution < 1.29 is 48.5 Å². The van der Waals surface area contributed by atoms with Crippen molar-refractivity contribution >= 4 is 38.3 Å². The molecule has 44 heavy (non-hydrogen) atoms. The predicted octanol–water partition coefficient (Wildman–Crippen LogP) is 4.55. The molecule has 5 rings (SSSR count). The van der Waals surface area contributed by atoms with Crippen molar-refractivity contribution in [3.05, 3.63) is 113 Å². The standard InChI is InChI=1S/C29H20F2N2O9S2/c1-17-25-23(27(34)33(17)16-18-7-3-2-4-8-18)15-24(41-28(35)19-9-5-11-21(13-19)43(30,37)38)32-26(25)42-29(36)20-10-6-12-22(14-20)44(31,39)40/h2-15,17H,16H2,1H3. The molecule has 4 aromatic rings. The molecule has 0 saturated carbocycles. The number of halogens is 2. The summed E-state index contributed by atoms with van der Waals surface area (Å²) in [6.07, 6.45) is 0. The van der Waals surface area contributed by atoms with Crippen LogP contribution in [0.25, 0.3) is 0 Å². The van der Waals surface area contributed by atoms with E-state index in [-0.39, 0.29) is 28.8 Å². The Morgan fingerprint density at radius 1 is 0.795 bits per heavy atom. The maximum atomic E-state index is 13.6. The highest BCUT2D eigenvalue weighted by Gasteiger charge is 2.39. The van der Waals surface area contributed by atoms with Gasteiger partial charge < -0.3 is 14.4 Å². The minimum absolute atomic E-state index is 0.0331. The van der Waals surface area contributed by atoms with Crippen molar-refractivity contribution in [3.63, 3.8) is 0 Å². The summed E-state index contributed by atoms with van der Waals surface area (Å²) in [4.78, 5) is 43.4. The van der Waals surface area contributed by atoms with Crippen LogP contribution in [0, 0.1) is 0 Å². The highest BCUT2D eigenvalue weighted by Crippen LogP contribution is 2.41. The predicted molar refractivity (Wildman–Crippen MR) is 148 cm³/mol. The molecule has 0 fully saturated rings. The molecule has 0 radical (unpaired) electrons. The zero-order chi connectivity index (χ0) is 31.8. The van der Waals surface area contributed by atoms with Crippen molar-refractivity contribution in [2.24, 2.45) is 0 Å². The van der Waals surface area contributed by atoms with Gasteiger partial charge in [-0.05, 0) is 48.9 Å². The first-order chi connectivity index (χ1) is 20.7. The normalized spacial score (nSPS) is 14.7. The van der Waals surface area contributed by atoms with Crippen molar-refractivity contribution in [3.8, 4) is 11.8 Å². The molecular weight excluding hydrogens is 622 g/mol. The average Bonchev–Trinajstić information content (AvgIpc) is 3.21. The molecule has 0 spiro atoms. The molecule has 1 aliphatic heterocycles. The molecule has 1 unspecified atom stereocenters. The van der Waals surface area contributed by atoms with Crippen LogP contribution in [0.1, 0.15) is 55.2 Å². The molecular formula is C29H20F2N2O9S2. The van der Waals surface area contributed by atoms with Crippen LogP contribution in [-0.2, 0) is 27.0 Å². The molecule has 3 aromatic carbocycles. The lowest BCUT2D eigenvalue weighted by Crippen LogP contribution is -2.26. The molecule has 2 heterocycles. The van der Waals surface area contributed by atoms with Crippen LogP contribution in [0.15, 0.2) is 94.7 Å². The Hall–Kier alpha value is -5.02. The highest BCUT2D eigenvalue weighted by molar-refractivity contribution is 7.86. The van der Waals surface area contributed by atoms with Crippen LogP contribution >= 0.6 is 0 Å². The fourth-order valence-electron chi connectivity index (χ4n) is 4.55. The van der Waals surface area contributed by atoms with E-state index in [2.05, 4.69) is 4.98 Å². The van der Waals surface area contributed by atoms with Crippen molar-refractivity contribution in [2.75, 3.05) is 0 Å². The minimum atomic E-state index is -5.15. The number of esters is 2. The Balaban J connectivity index is 1.53. The summed E-state index contributed by atoms with van der Waals surface area (Å²) in [6, 6.07) is 17.3. The van der Waals surface area contributed by atoms with E-state index < -0.39 is 65.9 Å². The van der Waals surface area contributed by atoms with Crippen LogP contribution in [0.5, 0.6) is 11.8 Å². The molecule has 0 saturated heterocycles. The first-order valence-electron chi connectivity index (χ1n) is 12.7. The molecule has 1 aromatic heterocycles. The minimum Gasteiger partial charge on any atom is -0.404 e. The fraction of sp³-hybridized carbons (Fsp3) is 0.103. The number of ether oxygens (including phenoxy) is 2. The Morgan fingerprint density at radius 2 is 1.34 bits per heavy atom. The first-order valence-corrected chi connectivity index (χ1v) is 15.4. The summed E-state index contributed by atoms with van der Waals surface area (Å²) in [5.41, 5.74) is 0.182. The monoisotopic (exact) mass is 642 g/mol. The van der Waals surface area contributed by atoms with Crippen molar-refractivity contribution in [2.45, 2.75) is 29.3 Å². The van der Waals surface area contributed by atoms with Gasteiger partial charge in [-0.2, -0.15) is 21.8 Å². The number of rotatable bonds is 8. The molecule has 1 amide bonds. The second-order valence-electron chi connectivity index (χ2n) is 9.53. The zero-order valence-electron chi connectivity index (χ0n) is 22.5. The van der Waals surface area contributed by atoms with E-state index in [0.29, 0.717) is 0 Å². The zero-order valence-corrected chi connectivity index (χ0v) is 24.1. The number of amides is 1. The van der Waals surface area contributed by atoms with E-state index in [9.17, 15) is 39.0 Å². The van der Waals surface area contributed by atoms with E-state index in [1.165, 1.54) is 11.0 Å². The summed E-state index contributed by atoms with van der Waals surface area (Å²) in [5.74, 6) is -3.83. The summed E-state index contributed by atoms with van der Waals surface area (Å²) in [6.45, 7) is 1.80. The van der Waals surface area contributed by atoms with E-state index in [1.807, 2.05) is 0 Å². The van der Waals surface area contributed by atoms with Gasteiger partial charge in [-0.15, -0.1) is 7.77 Å². The van der Waals surface area contributed by atoms with E-state index in [0.717, 1.165) is 54.1 Å². The van der Waals surface area contributed by atoms with Crippen LogP contribution in [0.4, 0.5) is 7.77 Å². The maximum absolute atomic E-state index is 13.6. The van der Waals surface area contributed by atoms with Gasteiger partial charge in [0, 0.05) is 12.6 Å². The molecule has 1 atom stereocenters. The molecule has 0 aliphatic carbocycles. The number of aromatic nitrogens is 1. The topological polar surface area (TPSA) is 154 Å². The average molecular weight is 643 g/mol. The van der Waals surface area contributed by atoms with Gasteiger partial charge in [-0.1, -0.05) is 42.5 Å². The van der Waals surface area contributed by atoms with E-state index in [4.69, 9.17) is 9.47 Å². The van der Waals surface area contributed by atoms with Crippen LogP contribution in [0.2, 0.25) is 0 Å². The van der Waals surface area contributed by atoms with Gasteiger partial charge in [-0.25, -0.2) is 9.59 Å². The Morgan fingerprint density at radius 3 is 1.89 bits per heavy atom. The van der Waals surface area contributed by atoms with Gasteiger partial charge in [0.2, 0.25) is 11.8 Å². The molecule has 0 bridgehead atoms. The third kappa shape index (κ3) is 6.33. The number of fused-ring (bicyclic) bond motifs is 1. The van der Waals surface area contributed by atoms with Crippen LogP contribution in [0.3, 0.4) is 0 Å². The van der Waals surface area contributed by atoms with Crippen molar-refractivity contribution in [1.82, 2.24) is 9.88 Å². The SMILES string of the molecule is CC1c2c(cc(OC(=O)c3cccc(S(=O)(=O)F)c3)nc2OC(=O)c2cccc(S(=O)(=O)F)c2)C(=O)N1Cc1ccccc1. The quantitative estimate of drug-likeness (QED) is 0.197. The number of benzene rings is 3. The summed E-state index contributed by atoms with van der Waals surface area (Å²) >= 11 is 0. The lowest BCUT2D eigenvalue weighted by atomic mass is 10.1. The second kappa shape index (κ2) is 11.6. The Kier molecular flexibility index (Phi) is 8.01. The lowest BCUT2D eigenvalue weighted by molar-refractivity contribution is 0.0709. The van der Waals surface area contributed by atoms with Gasteiger partial charge >= 0.3 is 32.4 Å². The first kappa shape index (κ1) is 30.4. The van der Waals surface area contributed by atoms with Crippen LogP contribution < -0.4 is 9.47 Å². The van der Waals surface area contributed by atoms with Crippen molar-refractivity contribution in [1.29, 1.82) is 0 Å². The number of nitrogens with zero attached hydrogens (tertiary/aromatic N) is 2. The molecule has 0 N–H and O–H groups in total.